The molecule has 3 rings (SSSR count). The first-order chi connectivity index (χ1) is 10.7. The zero-order chi connectivity index (χ0) is 15.5. The highest BCUT2D eigenvalue weighted by Crippen LogP contribution is 2.32. The molecule has 0 saturated carbocycles. The molecule has 0 saturated heterocycles. The van der Waals surface area contributed by atoms with Crippen molar-refractivity contribution in [2.45, 2.75) is 0 Å². The lowest BCUT2D eigenvalue weighted by Gasteiger charge is -1.97. The highest BCUT2D eigenvalue weighted by molar-refractivity contribution is 7.16. The van der Waals surface area contributed by atoms with Gasteiger partial charge in [0.05, 0.1) is 11.3 Å². The van der Waals surface area contributed by atoms with E-state index in [1.54, 1.807) is 36.7 Å². The van der Waals surface area contributed by atoms with Crippen LogP contribution in [0.2, 0.25) is 0 Å². The third kappa shape index (κ3) is 2.55. The van der Waals surface area contributed by atoms with Gasteiger partial charge in [-0.2, -0.15) is 5.26 Å². The molecule has 106 valence electrons. The molecular weight excluding hydrogens is 298 g/mol. The summed E-state index contributed by atoms with van der Waals surface area (Å²) in [6, 6.07) is 8.99. The fourth-order valence-corrected chi connectivity index (χ4v) is 2.74. The summed E-state index contributed by atoms with van der Waals surface area (Å²) in [5, 5.41) is 9.89. The molecule has 1 amide bonds. The maximum absolute atomic E-state index is 11.1. The maximum Gasteiger partial charge on any atom is 0.250 e. The number of aromatic nitrogens is 3. The van der Waals surface area contributed by atoms with Crippen LogP contribution in [0.5, 0.6) is 0 Å². The smallest absolute Gasteiger partial charge is 0.250 e. The van der Waals surface area contributed by atoms with E-state index in [9.17, 15) is 10.1 Å². The first kappa shape index (κ1) is 13.9. The Hall–Kier alpha value is -3.11. The van der Waals surface area contributed by atoms with Crippen molar-refractivity contribution in [3.63, 3.8) is 0 Å². The third-order valence-corrected chi connectivity index (χ3v) is 3.93. The van der Waals surface area contributed by atoms with Crippen molar-refractivity contribution in [1.29, 1.82) is 5.26 Å². The van der Waals surface area contributed by atoms with Crippen LogP contribution in [0.1, 0.15) is 15.2 Å². The van der Waals surface area contributed by atoms with E-state index < -0.39 is 5.91 Å². The second-order valence-corrected chi connectivity index (χ2v) is 5.34. The van der Waals surface area contributed by atoms with E-state index >= 15 is 0 Å². The number of rotatable bonds is 3. The largest absolute Gasteiger partial charge is 0.366 e. The van der Waals surface area contributed by atoms with Crippen LogP contribution in [0, 0.1) is 11.3 Å². The third-order valence-electron chi connectivity index (χ3n) is 2.95. The molecule has 2 N–H and O–H groups in total. The fourth-order valence-electron chi connectivity index (χ4n) is 1.88. The molecule has 0 radical (unpaired) electrons. The molecule has 3 heterocycles. The number of carbonyl (C=O) groups is 1. The summed E-state index contributed by atoms with van der Waals surface area (Å²) >= 11 is 1.25. The van der Waals surface area contributed by atoms with E-state index in [1.165, 1.54) is 17.5 Å². The summed E-state index contributed by atoms with van der Waals surface area (Å²) < 4.78 is 0. The van der Waals surface area contributed by atoms with Gasteiger partial charge in [0.1, 0.15) is 21.6 Å². The zero-order valence-electron chi connectivity index (χ0n) is 11.2. The van der Waals surface area contributed by atoms with Gasteiger partial charge < -0.3 is 5.73 Å². The Morgan fingerprint density at radius 3 is 2.59 bits per heavy atom. The van der Waals surface area contributed by atoms with Crippen LogP contribution in [-0.2, 0) is 0 Å². The summed E-state index contributed by atoms with van der Waals surface area (Å²) in [6.45, 7) is 0. The van der Waals surface area contributed by atoms with Gasteiger partial charge in [-0.25, -0.2) is 4.98 Å². The quantitative estimate of drug-likeness (QED) is 0.798. The Kier molecular flexibility index (Phi) is 3.60. The summed E-state index contributed by atoms with van der Waals surface area (Å²) in [4.78, 5) is 24.2. The SMILES string of the molecule is N#Cc1sc(-c2ccc(C(N)=O)cn2)nc1-c1ccncc1. The van der Waals surface area contributed by atoms with Gasteiger partial charge in [0.25, 0.3) is 0 Å². The summed E-state index contributed by atoms with van der Waals surface area (Å²) in [5.74, 6) is -0.534. The fraction of sp³-hybridized carbons (Fsp3) is 0. The van der Waals surface area contributed by atoms with Crippen molar-refractivity contribution in [2.24, 2.45) is 5.73 Å². The molecule has 0 atom stereocenters. The number of nitrogens with zero attached hydrogens (tertiary/aromatic N) is 4. The van der Waals surface area contributed by atoms with Gasteiger partial charge in [0, 0.05) is 24.2 Å². The molecule has 0 aromatic carbocycles. The predicted molar refractivity (Wildman–Crippen MR) is 81.8 cm³/mol. The molecule has 7 heteroatoms. The molecule has 0 aliphatic rings. The van der Waals surface area contributed by atoms with E-state index in [2.05, 4.69) is 21.0 Å². The zero-order valence-corrected chi connectivity index (χ0v) is 12.0. The number of hydrogen-bond donors (Lipinski definition) is 1. The minimum absolute atomic E-state index is 0.329. The summed E-state index contributed by atoms with van der Waals surface area (Å²) in [5.41, 5.74) is 7.53. The van der Waals surface area contributed by atoms with Crippen LogP contribution in [0.15, 0.2) is 42.9 Å². The van der Waals surface area contributed by atoms with Gasteiger partial charge in [-0.1, -0.05) is 0 Å². The van der Waals surface area contributed by atoms with Crippen molar-refractivity contribution in [2.75, 3.05) is 0 Å². The summed E-state index contributed by atoms with van der Waals surface area (Å²) in [7, 11) is 0. The van der Waals surface area contributed by atoms with Crippen molar-refractivity contribution in [3.05, 3.63) is 53.3 Å². The monoisotopic (exact) mass is 307 g/mol. The molecule has 0 aliphatic heterocycles. The van der Waals surface area contributed by atoms with Gasteiger partial charge in [0.2, 0.25) is 5.91 Å². The van der Waals surface area contributed by atoms with E-state index in [-0.39, 0.29) is 0 Å². The molecule has 0 fully saturated rings. The predicted octanol–water partition coefficient (Wildman–Crippen LogP) is 2.24. The topological polar surface area (TPSA) is 106 Å². The molecular formula is C15H9N5OS. The lowest BCUT2D eigenvalue weighted by molar-refractivity contribution is 0.1000. The van der Waals surface area contributed by atoms with Crippen molar-refractivity contribution >= 4 is 17.2 Å². The van der Waals surface area contributed by atoms with Crippen LogP contribution >= 0.6 is 11.3 Å². The Morgan fingerprint density at radius 2 is 2.00 bits per heavy atom. The summed E-state index contributed by atoms with van der Waals surface area (Å²) in [6.07, 6.45) is 4.70. The van der Waals surface area contributed by atoms with Crippen LogP contribution in [-0.4, -0.2) is 20.9 Å². The first-order valence-electron chi connectivity index (χ1n) is 6.26. The van der Waals surface area contributed by atoms with Gasteiger partial charge in [0.15, 0.2) is 0 Å². The highest BCUT2D eigenvalue weighted by atomic mass is 32.1. The molecule has 0 unspecified atom stereocenters. The Morgan fingerprint density at radius 1 is 1.23 bits per heavy atom. The first-order valence-corrected chi connectivity index (χ1v) is 7.08. The van der Waals surface area contributed by atoms with Gasteiger partial charge in [-0.3, -0.25) is 14.8 Å². The second kappa shape index (κ2) is 5.71. The molecule has 22 heavy (non-hydrogen) atoms. The van der Waals surface area contributed by atoms with Gasteiger partial charge >= 0.3 is 0 Å². The number of nitriles is 1. The van der Waals surface area contributed by atoms with E-state index in [0.29, 0.717) is 26.8 Å². The Balaban J connectivity index is 2.04. The number of thiazole rings is 1. The lowest BCUT2D eigenvalue weighted by atomic mass is 10.2. The van der Waals surface area contributed by atoms with Crippen LogP contribution in [0.4, 0.5) is 0 Å². The van der Waals surface area contributed by atoms with E-state index in [4.69, 9.17) is 5.73 Å². The molecule has 3 aromatic rings. The molecule has 6 nitrogen and oxygen atoms in total. The molecule has 0 aliphatic carbocycles. The Bertz CT molecular complexity index is 865. The van der Waals surface area contributed by atoms with Crippen LogP contribution in [0.25, 0.3) is 22.0 Å². The Labute approximate surface area is 129 Å². The molecule has 3 aromatic heterocycles. The number of primary amides is 1. The van der Waals surface area contributed by atoms with Crippen molar-refractivity contribution in [3.8, 4) is 28.0 Å². The van der Waals surface area contributed by atoms with Gasteiger partial charge in [-0.05, 0) is 24.3 Å². The van der Waals surface area contributed by atoms with Crippen LogP contribution < -0.4 is 5.73 Å². The second-order valence-electron chi connectivity index (χ2n) is 4.34. The van der Waals surface area contributed by atoms with Gasteiger partial charge in [-0.15, -0.1) is 11.3 Å². The highest BCUT2D eigenvalue weighted by Gasteiger charge is 2.15. The van der Waals surface area contributed by atoms with E-state index in [0.717, 1.165) is 5.56 Å². The minimum atomic E-state index is -0.534. The molecule has 0 bridgehead atoms. The van der Waals surface area contributed by atoms with Crippen molar-refractivity contribution in [1.82, 2.24) is 15.0 Å². The maximum atomic E-state index is 11.1. The number of amides is 1. The number of nitrogens with two attached hydrogens (primary N) is 1. The average molecular weight is 307 g/mol. The standard InChI is InChI=1S/C15H9N5OS/c16-7-12-13(9-3-5-18-6-4-9)20-15(22-12)11-2-1-10(8-19-11)14(17)21/h1-6,8H,(H2,17,21). The number of carbonyl (C=O) groups excluding carboxylic acids is 1. The van der Waals surface area contributed by atoms with Crippen molar-refractivity contribution < 1.29 is 4.79 Å². The minimum Gasteiger partial charge on any atom is -0.366 e. The average Bonchev–Trinajstić information content (AvgIpc) is 3.00. The van der Waals surface area contributed by atoms with E-state index in [1.807, 2.05) is 0 Å². The van der Waals surface area contributed by atoms with Crippen LogP contribution in [0.3, 0.4) is 0 Å². The lowest BCUT2D eigenvalue weighted by Crippen LogP contribution is -2.10. The number of pyridine rings is 2. The normalized spacial score (nSPS) is 10.1. The molecule has 0 spiro atoms. The number of hydrogen-bond acceptors (Lipinski definition) is 6.